The lowest BCUT2D eigenvalue weighted by Gasteiger charge is -2.33. The molecule has 0 fully saturated rings. The van der Waals surface area contributed by atoms with Crippen molar-refractivity contribution in [1.29, 1.82) is 0 Å². The summed E-state index contributed by atoms with van der Waals surface area (Å²) in [5.74, 6) is -0.723. The van der Waals surface area contributed by atoms with Crippen LogP contribution in [-0.4, -0.2) is 29.0 Å². The number of hydrogen-bond donors (Lipinski definition) is 1. The molecule has 0 heterocycles. The van der Waals surface area contributed by atoms with E-state index < -0.39 is 36.1 Å². The molecular weight excluding hydrogens is 460 g/mol. The Morgan fingerprint density at radius 2 is 1.75 bits per heavy atom. The summed E-state index contributed by atoms with van der Waals surface area (Å²) in [5, 5.41) is 8.85. The van der Waals surface area contributed by atoms with Gasteiger partial charge in [0, 0.05) is 10.9 Å². The van der Waals surface area contributed by atoms with E-state index in [4.69, 9.17) is 9.84 Å². The van der Waals surface area contributed by atoms with Crippen molar-refractivity contribution in [3.05, 3.63) is 58.7 Å². The van der Waals surface area contributed by atoms with Crippen LogP contribution in [0, 0.1) is 0 Å². The molecule has 1 aliphatic carbocycles. The van der Waals surface area contributed by atoms with Crippen molar-refractivity contribution in [3.8, 4) is 5.75 Å². The summed E-state index contributed by atoms with van der Waals surface area (Å²) in [6.45, 7) is -0.518. The van der Waals surface area contributed by atoms with Crippen LogP contribution in [0.3, 0.4) is 0 Å². The maximum absolute atomic E-state index is 13.2. The Kier molecular flexibility index (Phi) is 6.99. The normalized spacial score (nSPS) is 16.7. The average Bonchev–Trinajstić information content (AvgIpc) is 2.70. The summed E-state index contributed by atoms with van der Waals surface area (Å²) in [4.78, 5) is 10.6. The second-order valence-corrected chi connectivity index (χ2v) is 8.52. The third-order valence-electron chi connectivity index (χ3n) is 5.03. The molecule has 0 spiro atoms. The van der Waals surface area contributed by atoms with E-state index in [9.17, 15) is 31.1 Å². The van der Waals surface area contributed by atoms with Gasteiger partial charge in [-0.1, -0.05) is 12.1 Å². The second-order valence-electron chi connectivity index (χ2n) is 7.29. The highest BCUT2D eigenvalue weighted by Crippen LogP contribution is 2.44. The zero-order valence-electron chi connectivity index (χ0n) is 16.8. The number of carboxylic acids is 1. The summed E-state index contributed by atoms with van der Waals surface area (Å²) >= 11 is 0.797. The van der Waals surface area contributed by atoms with Crippen molar-refractivity contribution in [2.75, 3.05) is 13.7 Å². The number of ether oxygens (including phenoxy) is 1. The lowest BCUT2D eigenvalue weighted by molar-refractivity contribution is -0.143. The number of nitrogens with zero attached hydrogens (tertiary/aromatic N) is 1. The maximum atomic E-state index is 13.2. The highest BCUT2D eigenvalue weighted by Gasteiger charge is 2.37. The molecule has 2 aromatic rings. The SMILES string of the molecule is CN(Sc1cc(C(F)(F)F)cc(C(F)(F)F)c1)C1CCCc2c(OCC(=O)O)cccc21. The van der Waals surface area contributed by atoms with Crippen molar-refractivity contribution in [2.24, 2.45) is 0 Å². The van der Waals surface area contributed by atoms with Crippen LogP contribution >= 0.6 is 11.9 Å². The molecule has 2 aromatic carbocycles. The molecule has 1 N–H and O–H groups in total. The summed E-state index contributed by atoms with van der Waals surface area (Å²) in [6, 6.07) is 6.32. The van der Waals surface area contributed by atoms with Crippen molar-refractivity contribution in [2.45, 2.75) is 42.6 Å². The Morgan fingerprint density at radius 3 is 2.31 bits per heavy atom. The molecule has 0 amide bonds. The Morgan fingerprint density at radius 1 is 1.12 bits per heavy atom. The fourth-order valence-electron chi connectivity index (χ4n) is 3.65. The number of carboxylic acid groups (broad SMARTS) is 1. The monoisotopic (exact) mass is 479 g/mol. The molecule has 1 unspecified atom stereocenters. The van der Waals surface area contributed by atoms with Crippen LogP contribution in [-0.2, 0) is 23.6 Å². The topological polar surface area (TPSA) is 49.8 Å². The van der Waals surface area contributed by atoms with Gasteiger partial charge in [-0.15, -0.1) is 0 Å². The summed E-state index contributed by atoms with van der Waals surface area (Å²) in [7, 11) is 1.60. The molecule has 174 valence electrons. The molecule has 0 radical (unpaired) electrons. The number of fused-ring (bicyclic) bond motifs is 1. The Balaban J connectivity index is 1.90. The molecule has 32 heavy (non-hydrogen) atoms. The molecule has 4 nitrogen and oxygen atoms in total. The smallest absolute Gasteiger partial charge is 0.416 e. The van der Waals surface area contributed by atoms with E-state index in [0.717, 1.165) is 23.1 Å². The van der Waals surface area contributed by atoms with Crippen LogP contribution in [0.4, 0.5) is 26.3 Å². The number of alkyl halides is 6. The number of halogens is 6. The van der Waals surface area contributed by atoms with Gasteiger partial charge in [0.25, 0.3) is 0 Å². The third-order valence-corrected chi connectivity index (χ3v) is 6.02. The van der Waals surface area contributed by atoms with E-state index in [2.05, 4.69) is 0 Å². The summed E-state index contributed by atoms with van der Waals surface area (Å²) < 4.78 is 85.9. The number of rotatable bonds is 6. The first-order valence-corrected chi connectivity index (χ1v) is 10.3. The molecule has 11 heteroatoms. The van der Waals surface area contributed by atoms with Crippen LogP contribution in [0.1, 0.15) is 41.1 Å². The van der Waals surface area contributed by atoms with E-state index >= 15 is 0 Å². The fraction of sp³-hybridized carbons (Fsp3) is 0.381. The first-order valence-electron chi connectivity index (χ1n) is 9.53. The maximum Gasteiger partial charge on any atom is 0.416 e. The highest BCUT2D eigenvalue weighted by atomic mass is 32.2. The molecule has 0 bridgehead atoms. The number of benzene rings is 2. The van der Waals surface area contributed by atoms with E-state index in [1.165, 1.54) is 0 Å². The van der Waals surface area contributed by atoms with Gasteiger partial charge in [0.05, 0.1) is 11.1 Å². The van der Waals surface area contributed by atoms with Crippen LogP contribution in [0.5, 0.6) is 5.75 Å². The van der Waals surface area contributed by atoms with Crippen LogP contribution in [0.2, 0.25) is 0 Å². The molecular formula is C21H19F6NO3S. The standard InChI is InChI=1S/C21H19F6NO3S/c1-28(32-14-9-12(20(22,23)24)8-13(10-14)21(25,26)27)17-6-2-5-16-15(17)4-3-7-18(16)31-11-19(29)30/h3-4,7-10,17H,2,5-6,11H2,1H3,(H,29,30). The van der Waals surface area contributed by atoms with Gasteiger partial charge in [-0.2, -0.15) is 26.3 Å². The van der Waals surface area contributed by atoms with E-state index in [1.54, 1.807) is 29.6 Å². The highest BCUT2D eigenvalue weighted by molar-refractivity contribution is 7.97. The number of carbonyl (C=O) groups is 1. The fourth-order valence-corrected chi connectivity index (χ4v) is 4.69. The second kappa shape index (κ2) is 9.22. The van der Waals surface area contributed by atoms with Crippen molar-refractivity contribution in [3.63, 3.8) is 0 Å². The van der Waals surface area contributed by atoms with Gasteiger partial charge in [-0.05, 0) is 73.7 Å². The Labute approximate surface area is 184 Å². The summed E-state index contributed by atoms with van der Waals surface area (Å²) in [5.41, 5.74) is -1.14. The molecule has 1 atom stereocenters. The molecule has 0 aromatic heterocycles. The first kappa shape index (κ1) is 24.2. The van der Waals surface area contributed by atoms with E-state index in [-0.39, 0.29) is 17.0 Å². The van der Waals surface area contributed by atoms with Crippen molar-refractivity contribution >= 4 is 17.9 Å². The average molecular weight is 479 g/mol. The van der Waals surface area contributed by atoms with Gasteiger partial charge in [-0.25, -0.2) is 9.10 Å². The van der Waals surface area contributed by atoms with Gasteiger partial charge >= 0.3 is 18.3 Å². The number of aliphatic carboxylic acids is 1. The van der Waals surface area contributed by atoms with E-state index in [1.807, 2.05) is 0 Å². The first-order chi connectivity index (χ1) is 14.9. The van der Waals surface area contributed by atoms with Crippen LogP contribution in [0.15, 0.2) is 41.3 Å². The zero-order chi connectivity index (χ0) is 23.7. The van der Waals surface area contributed by atoms with Gasteiger partial charge < -0.3 is 9.84 Å². The van der Waals surface area contributed by atoms with Gasteiger partial charge in [0.2, 0.25) is 0 Å². The van der Waals surface area contributed by atoms with Crippen molar-refractivity contribution < 1.29 is 41.0 Å². The molecule has 0 saturated heterocycles. The molecule has 1 aliphatic rings. The molecule has 0 saturated carbocycles. The van der Waals surface area contributed by atoms with Gasteiger partial charge in [-0.3, -0.25) is 0 Å². The Bertz CT molecular complexity index is 960. The summed E-state index contributed by atoms with van der Waals surface area (Å²) in [6.07, 6.45) is -7.87. The van der Waals surface area contributed by atoms with E-state index in [0.29, 0.717) is 37.1 Å². The quantitative estimate of drug-likeness (QED) is 0.395. The predicted molar refractivity (Wildman–Crippen MR) is 105 cm³/mol. The van der Waals surface area contributed by atoms with Crippen LogP contribution in [0.25, 0.3) is 0 Å². The van der Waals surface area contributed by atoms with Crippen LogP contribution < -0.4 is 4.74 Å². The minimum absolute atomic E-state index is 0.103. The van der Waals surface area contributed by atoms with Crippen molar-refractivity contribution in [1.82, 2.24) is 4.31 Å². The minimum atomic E-state index is -4.91. The zero-order valence-corrected chi connectivity index (χ0v) is 17.6. The minimum Gasteiger partial charge on any atom is -0.482 e. The largest absolute Gasteiger partial charge is 0.482 e. The predicted octanol–water partition coefficient (Wildman–Crippen LogP) is 6.20. The molecule has 3 rings (SSSR count). The Hall–Kier alpha value is -2.40. The third kappa shape index (κ3) is 5.69. The number of hydrogen-bond acceptors (Lipinski definition) is 4. The van der Waals surface area contributed by atoms with Gasteiger partial charge in [0.15, 0.2) is 6.61 Å². The van der Waals surface area contributed by atoms with Gasteiger partial charge in [0.1, 0.15) is 5.75 Å². The molecule has 0 aliphatic heterocycles. The lowest BCUT2D eigenvalue weighted by atomic mass is 9.87. The lowest BCUT2D eigenvalue weighted by Crippen LogP contribution is -2.23.